The van der Waals surface area contributed by atoms with Crippen LogP contribution >= 0.6 is 23.1 Å². The lowest BCUT2D eigenvalue weighted by Gasteiger charge is -2.23. The van der Waals surface area contributed by atoms with Gasteiger partial charge in [0.2, 0.25) is 0 Å². The van der Waals surface area contributed by atoms with Gasteiger partial charge in [-0.15, -0.1) is 11.8 Å². The maximum atomic E-state index is 13.6. The molecule has 1 saturated heterocycles. The molecule has 31 heavy (non-hydrogen) atoms. The molecule has 0 aliphatic carbocycles. The van der Waals surface area contributed by atoms with Crippen molar-refractivity contribution in [2.45, 2.75) is 49.9 Å². The molecule has 0 N–H and O–H groups in total. The van der Waals surface area contributed by atoms with Crippen LogP contribution in [0.3, 0.4) is 0 Å². The molecule has 0 radical (unpaired) electrons. The first-order chi connectivity index (χ1) is 15.0. The summed E-state index contributed by atoms with van der Waals surface area (Å²) in [5.41, 5.74) is 1.55. The number of anilines is 1. The SMILES string of the molecule is CCOc1ccc2nc(N(CC3CCCO3)C(=O)c3cccc(SC(C)C)c3)sc2c1. The number of thioether (sulfide) groups is 1. The average Bonchev–Trinajstić information content (AvgIpc) is 3.40. The summed E-state index contributed by atoms with van der Waals surface area (Å²) in [6.45, 7) is 8.16. The van der Waals surface area contributed by atoms with Crippen LogP contribution in [0.5, 0.6) is 5.75 Å². The molecule has 1 fully saturated rings. The van der Waals surface area contributed by atoms with E-state index in [1.165, 1.54) is 11.3 Å². The quantitative estimate of drug-likeness (QED) is 0.388. The lowest BCUT2D eigenvalue weighted by molar-refractivity contribution is 0.0917. The van der Waals surface area contributed by atoms with Crippen molar-refractivity contribution in [1.29, 1.82) is 0 Å². The fourth-order valence-electron chi connectivity index (χ4n) is 3.63. The molecule has 2 aromatic carbocycles. The number of amides is 1. The first-order valence-corrected chi connectivity index (χ1v) is 12.5. The highest BCUT2D eigenvalue weighted by Gasteiger charge is 2.27. The van der Waals surface area contributed by atoms with E-state index in [1.54, 1.807) is 16.7 Å². The molecule has 1 amide bonds. The first kappa shape index (κ1) is 22.1. The van der Waals surface area contributed by atoms with E-state index >= 15 is 0 Å². The number of carbonyl (C=O) groups excluding carboxylic acids is 1. The summed E-state index contributed by atoms with van der Waals surface area (Å²) < 4.78 is 12.5. The Balaban J connectivity index is 1.67. The average molecular weight is 457 g/mol. The summed E-state index contributed by atoms with van der Waals surface area (Å²) >= 11 is 3.28. The molecule has 3 aromatic rings. The van der Waals surface area contributed by atoms with E-state index in [-0.39, 0.29) is 12.0 Å². The molecule has 1 aliphatic rings. The molecule has 4 rings (SSSR count). The highest BCUT2D eigenvalue weighted by atomic mass is 32.2. The summed E-state index contributed by atoms with van der Waals surface area (Å²) in [5.74, 6) is 0.784. The summed E-state index contributed by atoms with van der Waals surface area (Å²) in [7, 11) is 0. The lowest BCUT2D eigenvalue weighted by atomic mass is 10.2. The molecule has 5 nitrogen and oxygen atoms in total. The normalized spacial score (nSPS) is 16.2. The van der Waals surface area contributed by atoms with Gasteiger partial charge in [-0.2, -0.15) is 0 Å². The number of benzene rings is 2. The van der Waals surface area contributed by atoms with Crippen LogP contribution in [0, 0.1) is 0 Å². The zero-order chi connectivity index (χ0) is 21.8. The number of rotatable bonds is 8. The van der Waals surface area contributed by atoms with Gasteiger partial charge in [-0.25, -0.2) is 4.98 Å². The molecule has 1 atom stereocenters. The Hall–Kier alpha value is -2.09. The minimum absolute atomic E-state index is 0.0363. The van der Waals surface area contributed by atoms with Crippen LogP contribution in [0.2, 0.25) is 0 Å². The van der Waals surface area contributed by atoms with E-state index in [1.807, 2.05) is 43.3 Å². The minimum Gasteiger partial charge on any atom is -0.494 e. The van der Waals surface area contributed by atoms with Gasteiger partial charge in [0, 0.05) is 22.3 Å². The Morgan fingerprint density at radius 3 is 2.94 bits per heavy atom. The number of aromatic nitrogens is 1. The van der Waals surface area contributed by atoms with Gasteiger partial charge >= 0.3 is 0 Å². The molecule has 1 aliphatic heterocycles. The second-order valence-electron chi connectivity index (χ2n) is 7.80. The Morgan fingerprint density at radius 1 is 1.32 bits per heavy atom. The number of thiazole rings is 1. The van der Waals surface area contributed by atoms with E-state index in [9.17, 15) is 4.79 Å². The van der Waals surface area contributed by atoms with Gasteiger partial charge in [0.05, 0.1) is 29.5 Å². The van der Waals surface area contributed by atoms with Crippen molar-refractivity contribution in [2.75, 3.05) is 24.7 Å². The van der Waals surface area contributed by atoms with Crippen molar-refractivity contribution >= 4 is 44.4 Å². The van der Waals surface area contributed by atoms with Crippen molar-refractivity contribution < 1.29 is 14.3 Å². The summed E-state index contributed by atoms with van der Waals surface area (Å²) in [6.07, 6.45) is 2.04. The number of nitrogens with zero attached hydrogens (tertiary/aromatic N) is 2. The molecule has 1 unspecified atom stereocenters. The summed E-state index contributed by atoms with van der Waals surface area (Å²) in [5, 5.41) is 1.16. The fourth-order valence-corrected chi connectivity index (χ4v) is 5.53. The molecule has 0 bridgehead atoms. The first-order valence-electron chi connectivity index (χ1n) is 10.8. The molecule has 164 valence electrons. The predicted octanol–water partition coefficient (Wildman–Crippen LogP) is 6.02. The van der Waals surface area contributed by atoms with Gasteiger partial charge in [0.25, 0.3) is 5.91 Å². The smallest absolute Gasteiger partial charge is 0.260 e. The fraction of sp³-hybridized carbons (Fsp3) is 0.417. The van der Waals surface area contributed by atoms with Crippen LogP contribution in [0.4, 0.5) is 5.13 Å². The van der Waals surface area contributed by atoms with Crippen LogP contribution in [-0.2, 0) is 4.74 Å². The third kappa shape index (κ3) is 5.40. The molecule has 0 spiro atoms. The van der Waals surface area contributed by atoms with Crippen molar-refractivity contribution in [1.82, 2.24) is 4.98 Å². The predicted molar refractivity (Wildman–Crippen MR) is 129 cm³/mol. The third-order valence-corrected chi connectivity index (χ3v) is 7.04. The second kappa shape index (κ2) is 10.0. The lowest BCUT2D eigenvalue weighted by Crippen LogP contribution is -2.37. The third-order valence-electron chi connectivity index (χ3n) is 5.00. The Bertz CT molecular complexity index is 1040. The summed E-state index contributed by atoms with van der Waals surface area (Å²) in [6, 6.07) is 13.7. The van der Waals surface area contributed by atoms with Crippen molar-refractivity contribution in [2.24, 2.45) is 0 Å². The van der Waals surface area contributed by atoms with E-state index in [2.05, 4.69) is 19.9 Å². The maximum Gasteiger partial charge on any atom is 0.260 e. The van der Waals surface area contributed by atoms with E-state index in [0.717, 1.165) is 40.3 Å². The van der Waals surface area contributed by atoms with Gasteiger partial charge in [0.15, 0.2) is 5.13 Å². The monoisotopic (exact) mass is 456 g/mol. The minimum atomic E-state index is -0.0363. The maximum absolute atomic E-state index is 13.6. The Morgan fingerprint density at radius 2 is 2.19 bits per heavy atom. The number of hydrogen-bond donors (Lipinski definition) is 0. The van der Waals surface area contributed by atoms with Gasteiger partial charge in [-0.1, -0.05) is 31.3 Å². The molecule has 7 heteroatoms. The standard InChI is InChI=1S/C24H28N2O3S2/c1-4-28-18-10-11-21-22(14-18)31-24(25-21)26(15-19-8-6-12-29-19)23(27)17-7-5-9-20(13-17)30-16(2)3/h5,7,9-11,13-14,16,19H,4,6,8,12,15H2,1-3H3. The van der Waals surface area contributed by atoms with Crippen LogP contribution in [-0.4, -0.2) is 42.0 Å². The zero-order valence-corrected chi connectivity index (χ0v) is 19.8. The van der Waals surface area contributed by atoms with E-state index in [0.29, 0.717) is 29.1 Å². The largest absolute Gasteiger partial charge is 0.494 e. The van der Waals surface area contributed by atoms with Crippen LogP contribution in [0.1, 0.15) is 44.0 Å². The van der Waals surface area contributed by atoms with Crippen molar-refractivity contribution in [3.05, 3.63) is 48.0 Å². The van der Waals surface area contributed by atoms with Gasteiger partial charge in [0.1, 0.15) is 5.75 Å². The van der Waals surface area contributed by atoms with E-state index < -0.39 is 0 Å². The number of fused-ring (bicyclic) bond motifs is 1. The van der Waals surface area contributed by atoms with Gasteiger partial charge < -0.3 is 9.47 Å². The van der Waals surface area contributed by atoms with Crippen LogP contribution in [0.15, 0.2) is 47.4 Å². The van der Waals surface area contributed by atoms with Crippen molar-refractivity contribution in [3.63, 3.8) is 0 Å². The number of hydrogen-bond acceptors (Lipinski definition) is 6. The summed E-state index contributed by atoms with van der Waals surface area (Å²) in [4.78, 5) is 21.3. The van der Waals surface area contributed by atoms with Crippen molar-refractivity contribution in [3.8, 4) is 5.75 Å². The highest BCUT2D eigenvalue weighted by molar-refractivity contribution is 7.99. The second-order valence-corrected chi connectivity index (χ2v) is 10.5. The topological polar surface area (TPSA) is 51.7 Å². The molecular formula is C24H28N2O3S2. The zero-order valence-electron chi connectivity index (χ0n) is 18.2. The number of carbonyl (C=O) groups is 1. The molecule has 2 heterocycles. The van der Waals surface area contributed by atoms with E-state index in [4.69, 9.17) is 14.5 Å². The Kier molecular flexibility index (Phi) is 7.15. The van der Waals surface area contributed by atoms with Crippen LogP contribution < -0.4 is 9.64 Å². The molecule has 1 aromatic heterocycles. The highest BCUT2D eigenvalue weighted by Crippen LogP contribution is 2.33. The molecule has 0 saturated carbocycles. The Labute approximate surface area is 191 Å². The van der Waals surface area contributed by atoms with Gasteiger partial charge in [-0.05, 0) is 56.2 Å². The number of ether oxygens (including phenoxy) is 2. The van der Waals surface area contributed by atoms with Crippen LogP contribution in [0.25, 0.3) is 10.2 Å². The van der Waals surface area contributed by atoms with Gasteiger partial charge in [-0.3, -0.25) is 9.69 Å². The molecular weight excluding hydrogens is 428 g/mol.